The molecule has 1 aromatic rings. The Hall–Kier alpha value is -1.50. The number of hydrogen-bond acceptors (Lipinski definition) is 5. The van der Waals surface area contributed by atoms with Gasteiger partial charge in [0.2, 0.25) is 0 Å². The lowest BCUT2D eigenvalue weighted by Crippen LogP contribution is -2.49. The molecular weight excluding hydrogens is 282 g/mol. The maximum Gasteiger partial charge on any atom is 0.276 e. The van der Waals surface area contributed by atoms with Crippen molar-refractivity contribution >= 4 is 5.91 Å². The Balaban J connectivity index is 0.00000144. The van der Waals surface area contributed by atoms with Gasteiger partial charge in [-0.05, 0) is 43.2 Å². The summed E-state index contributed by atoms with van der Waals surface area (Å²) in [5.74, 6) is 0.234. The molecule has 6 nitrogen and oxygen atoms in total. The monoisotopic (exact) mass is 309 g/mol. The van der Waals surface area contributed by atoms with Gasteiger partial charge >= 0.3 is 0 Å². The Kier molecular flexibility index (Phi) is 4.71. The normalized spacial score (nSPS) is 24.5. The van der Waals surface area contributed by atoms with E-state index in [4.69, 9.17) is 9.94 Å². The van der Waals surface area contributed by atoms with Crippen molar-refractivity contribution in [2.45, 2.75) is 38.3 Å². The number of nitrogens with one attached hydrogen (secondary N) is 1. The summed E-state index contributed by atoms with van der Waals surface area (Å²) in [6, 6.07) is 2.49. The SMILES string of the molecule is COCCC1CC[C@H]1N1CCc2cc(C(=O)NO)cnc2C1.[HH].[HH]. The lowest BCUT2D eigenvalue weighted by Gasteiger charge is -2.46. The van der Waals surface area contributed by atoms with E-state index in [1.165, 1.54) is 19.0 Å². The van der Waals surface area contributed by atoms with E-state index in [1.54, 1.807) is 12.6 Å². The predicted octanol–water partition coefficient (Wildman–Crippen LogP) is 1.87. The number of aromatic nitrogens is 1. The molecule has 2 N–H and O–H groups in total. The van der Waals surface area contributed by atoms with E-state index in [-0.39, 0.29) is 2.85 Å². The summed E-state index contributed by atoms with van der Waals surface area (Å²) in [5.41, 5.74) is 4.24. The summed E-state index contributed by atoms with van der Waals surface area (Å²) in [6.07, 6.45) is 6.13. The first-order valence-corrected chi connectivity index (χ1v) is 7.88. The molecule has 2 heterocycles. The average Bonchev–Trinajstić information content (AvgIpc) is 2.53. The molecule has 1 aliphatic carbocycles. The van der Waals surface area contributed by atoms with Gasteiger partial charge in [0.1, 0.15) is 0 Å². The van der Waals surface area contributed by atoms with Crippen molar-refractivity contribution in [2.24, 2.45) is 5.92 Å². The summed E-state index contributed by atoms with van der Waals surface area (Å²) in [7, 11) is 1.76. The lowest BCUT2D eigenvalue weighted by molar-refractivity contribution is 0.0307. The highest BCUT2D eigenvalue weighted by Crippen LogP contribution is 2.36. The third kappa shape index (κ3) is 2.99. The zero-order chi connectivity index (χ0) is 15.5. The quantitative estimate of drug-likeness (QED) is 0.641. The van der Waals surface area contributed by atoms with E-state index >= 15 is 0 Å². The van der Waals surface area contributed by atoms with Crippen LogP contribution in [0.25, 0.3) is 0 Å². The summed E-state index contributed by atoms with van der Waals surface area (Å²) in [6.45, 7) is 2.70. The third-order valence-electron chi connectivity index (χ3n) is 4.98. The number of ether oxygens (including phenoxy) is 1. The van der Waals surface area contributed by atoms with Crippen LogP contribution in [0, 0.1) is 5.92 Å². The minimum atomic E-state index is -0.503. The number of rotatable bonds is 5. The molecule has 6 heteroatoms. The molecular formula is C16H27N3O3. The van der Waals surface area contributed by atoms with E-state index in [1.807, 2.05) is 6.07 Å². The Morgan fingerprint density at radius 3 is 3.14 bits per heavy atom. The number of fused-ring (bicyclic) bond motifs is 1. The standard InChI is InChI=1S/C16H23N3O3.2H2/c1-22-7-5-11-2-3-15(11)19-6-4-12-8-13(16(20)18-21)9-17-14(12)10-19;;/h8-9,11,15,21H,2-7,10H2,1H3,(H,18,20);2*1H/t11?,15-;;/m1../s1. The van der Waals surface area contributed by atoms with Crippen LogP contribution in [-0.2, 0) is 17.7 Å². The number of amides is 1. The number of methoxy groups -OCH3 is 1. The molecule has 0 bridgehead atoms. The maximum absolute atomic E-state index is 11.4. The minimum Gasteiger partial charge on any atom is -0.385 e. The summed E-state index contributed by atoms with van der Waals surface area (Å²) in [5, 5.41) is 8.70. The number of carbonyl (C=O) groups excluding carboxylic acids is 1. The van der Waals surface area contributed by atoms with E-state index in [9.17, 15) is 4.79 Å². The van der Waals surface area contributed by atoms with E-state index in [0.717, 1.165) is 49.7 Å². The zero-order valence-corrected chi connectivity index (χ0v) is 12.9. The molecule has 1 fully saturated rings. The van der Waals surface area contributed by atoms with Gasteiger partial charge in [-0.3, -0.25) is 19.9 Å². The second-order valence-corrected chi connectivity index (χ2v) is 6.18. The fourth-order valence-electron chi connectivity index (χ4n) is 3.54. The lowest BCUT2D eigenvalue weighted by atomic mass is 9.76. The molecule has 1 amide bonds. The molecule has 0 radical (unpaired) electrons. The minimum absolute atomic E-state index is 0. The van der Waals surface area contributed by atoms with E-state index in [2.05, 4.69) is 9.88 Å². The first kappa shape index (κ1) is 15.4. The van der Waals surface area contributed by atoms with Crippen LogP contribution in [0.4, 0.5) is 0 Å². The van der Waals surface area contributed by atoms with Crippen molar-refractivity contribution in [3.05, 3.63) is 29.1 Å². The number of pyridine rings is 1. The first-order chi connectivity index (χ1) is 10.7. The topological polar surface area (TPSA) is 74.7 Å². The van der Waals surface area contributed by atoms with Gasteiger partial charge in [0.05, 0.1) is 11.3 Å². The molecule has 1 aromatic heterocycles. The van der Waals surface area contributed by atoms with Crippen LogP contribution in [0.3, 0.4) is 0 Å². The molecule has 124 valence electrons. The average molecular weight is 309 g/mol. The van der Waals surface area contributed by atoms with E-state index < -0.39 is 5.91 Å². The van der Waals surface area contributed by atoms with Crippen LogP contribution in [0.1, 0.15) is 43.7 Å². The van der Waals surface area contributed by atoms with Gasteiger partial charge in [0.25, 0.3) is 5.91 Å². The van der Waals surface area contributed by atoms with Crippen LogP contribution in [-0.4, -0.2) is 47.3 Å². The highest BCUT2D eigenvalue weighted by molar-refractivity contribution is 5.93. The summed E-state index contributed by atoms with van der Waals surface area (Å²) in [4.78, 5) is 18.4. The molecule has 1 aliphatic heterocycles. The highest BCUT2D eigenvalue weighted by Gasteiger charge is 2.36. The Morgan fingerprint density at radius 2 is 2.45 bits per heavy atom. The molecule has 0 saturated heterocycles. The van der Waals surface area contributed by atoms with Gasteiger partial charge in [-0.25, -0.2) is 5.48 Å². The third-order valence-corrected chi connectivity index (χ3v) is 4.98. The molecule has 22 heavy (non-hydrogen) atoms. The first-order valence-electron chi connectivity index (χ1n) is 7.88. The van der Waals surface area contributed by atoms with Crippen molar-refractivity contribution in [1.82, 2.24) is 15.4 Å². The number of carbonyl (C=O) groups is 1. The van der Waals surface area contributed by atoms with E-state index in [0.29, 0.717) is 11.6 Å². The molecule has 0 aromatic carbocycles. The Morgan fingerprint density at radius 1 is 1.59 bits per heavy atom. The van der Waals surface area contributed by atoms with Gasteiger partial charge in [-0.2, -0.15) is 0 Å². The largest absolute Gasteiger partial charge is 0.385 e. The Bertz CT molecular complexity index is 559. The van der Waals surface area contributed by atoms with Crippen LogP contribution in [0.2, 0.25) is 0 Å². The van der Waals surface area contributed by atoms with Gasteiger partial charge in [-0.15, -0.1) is 0 Å². The highest BCUT2D eigenvalue weighted by atomic mass is 16.5. The molecule has 2 atom stereocenters. The van der Waals surface area contributed by atoms with Crippen LogP contribution in [0.5, 0.6) is 0 Å². The molecule has 2 aliphatic rings. The fourth-order valence-corrected chi connectivity index (χ4v) is 3.54. The van der Waals surface area contributed by atoms with Crippen molar-refractivity contribution in [3.8, 4) is 0 Å². The second kappa shape index (κ2) is 6.73. The van der Waals surface area contributed by atoms with Crippen LogP contribution < -0.4 is 5.48 Å². The smallest absolute Gasteiger partial charge is 0.276 e. The van der Waals surface area contributed by atoms with Crippen LogP contribution >= 0.6 is 0 Å². The van der Waals surface area contributed by atoms with Gasteiger partial charge in [0, 0.05) is 41.9 Å². The number of hydroxylamine groups is 1. The van der Waals surface area contributed by atoms with Gasteiger partial charge in [-0.1, -0.05) is 0 Å². The summed E-state index contributed by atoms with van der Waals surface area (Å²) < 4.78 is 5.20. The van der Waals surface area contributed by atoms with Gasteiger partial charge < -0.3 is 4.74 Å². The van der Waals surface area contributed by atoms with Crippen molar-refractivity contribution < 1.29 is 17.6 Å². The van der Waals surface area contributed by atoms with Crippen molar-refractivity contribution in [2.75, 3.05) is 20.3 Å². The van der Waals surface area contributed by atoms with Gasteiger partial charge in [0.15, 0.2) is 0 Å². The van der Waals surface area contributed by atoms with Crippen molar-refractivity contribution in [1.29, 1.82) is 0 Å². The fraction of sp³-hybridized carbons (Fsp3) is 0.625. The number of hydrogen-bond donors (Lipinski definition) is 2. The number of nitrogens with zero attached hydrogens (tertiary/aromatic N) is 2. The molecule has 1 unspecified atom stereocenters. The van der Waals surface area contributed by atoms with Crippen molar-refractivity contribution in [3.63, 3.8) is 0 Å². The molecule has 3 rings (SSSR count). The second-order valence-electron chi connectivity index (χ2n) is 6.18. The maximum atomic E-state index is 11.4. The Labute approximate surface area is 133 Å². The van der Waals surface area contributed by atoms with Crippen LogP contribution in [0.15, 0.2) is 12.3 Å². The molecule has 1 saturated carbocycles. The zero-order valence-electron chi connectivity index (χ0n) is 12.9. The molecule has 0 spiro atoms. The summed E-state index contributed by atoms with van der Waals surface area (Å²) >= 11 is 0. The predicted molar refractivity (Wildman–Crippen MR) is 84.8 cm³/mol.